The van der Waals surface area contributed by atoms with Crippen molar-refractivity contribution < 1.29 is 9.53 Å². The summed E-state index contributed by atoms with van der Waals surface area (Å²) in [4.78, 5) is 10.9. The second kappa shape index (κ2) is 12.0. The predicted molar refractivity (Wildman–Crippen MR) is 57.4 cm³/mol. The third-order valence-corrected chi connectivity index (χ3v) is 1.31. The average Bonchev–Trinajstić information content (AvgIpc) is 2.00. The Morgan fingerprint density at radius 2 is 2.00 bits per heavy atom. The minimum atomic E-state index is -0.501. The maximum Gasteiger partial charge on any atom is 0.322 e. The molecule has 0 fully saturated rings. The van der Waals surface area contributed by atoms with Crippen LogP contribution in [0.25, 0.3) is 0 Å². The van der Waals surface area contributed by atoms with E-state index in [4.69, 9.17) is 16.2 Å². The molecule has 0 amide bonds. The molecule has 0 aromatic heterocycles. The molecule has 0 spiro atoms. The summed E-state index contributed by atoms with van der Waals surface area (Å²) in [5.41, 5.74) is 10.7. The smallest absolute Gasteiger partial charge is 0.322 e. The summed E-state index contributed by atoms with van der Waals surface area (Å²) in [6.07, 6.45) is 1.37. The van der Waals surface area contributed by atoms with Gasteiger partial charge < -0.3 is 16.2 Å². The van der Waals surface area contributed by atoms with Crippen molar-refractivity contribution >= 4 is 30.8 Å². The first kappa shape index (κ1) is 18.7. The quantitative estimate of drug-likeness (QED) is 0.676. The fourth-order valence-corrected chi connectivity index (χ4v) is 0.705. The monoisotopic (exact) mass is 232 g/mol. The maximum absolute atomic E-state index is 10.9. The van der Waals surface area contributed by atoms with Gasteiger partial charge in [-0.1, -0.05) is 0 Å². The van der Waals surface area contributed by atoms with E-state index in [1.807, 2.05) is 0 Å². The molecule has 0 aromatic rings. The molecule has 0 saturated carbocycles. The summed E-state index contributed by atoms with van der Waals surface area (Å²) in [6.45, 7) is 2.70. The van der Waals surface area contributed by atoms with E-state index in [-0.39, 0.29) is 30.8 Å². The number of halogens is 2. The molecule has 0 saturated heterocycles. The van der Waals surface area contributed by atoms with Crippen molar-refractivity contribution in [2.45, 2.75) is 25.8 Å². The van der Waals surface area contributed by atoms with Crippen LogP contribution in [0.3, 0.4) is 0 Å². The largest absolute Gasteiger partial charge is 0.465 e. The van der Waals surface area contributed by atoms with E-state index >= 15 is 0 Å². The molecule has 0 aliphatic heterocycles. The highest BCUT2D eigenvalue weighted by molar-refractivity contribution is 5.85. The number of carbonyl (C=O) groups excluding carboxylic acids is 1. The number of hydrogen-bond acceptors (Lipinski definition) is 4. The average molecular weight is 233 g/mol. The van der Waals surface area contributed by atoms with Gasteiger partial charge in [0.15, 0.2) is 0 Å². The second-order valence-corrected chi connectivity index (χ2v) is 2.29. The summed E-state index contributed by atoms with van der Waals surface area (Å²) >= 11 is 0. The van der Waals surface area contributed by atoms with Crippen LogP contribution < -0.4 is 11.5 Å². The van der Waals surface area contributed by atoms with Crippen LogP contribution in [0.4, 0.5) is 0 Å². The van der Waals surface area contributed by atoms with Crippen LogP contribution in [0.5, 0.6) is 0 Å². The fourth-order valence-electron chi connectivity index (χ4n) is 0.705. The first-order chi connectivity index (χ1) is 5.22. The molecule has 4 N–H and O–H groups in total. The second-order valence-electron chi connectivity index (χ2n) is 2.29. The lowest BCUT2D eigenvalue weighted by atomic mass is 10.2. The van der Waals surface area contributed by atoms with Crippen LogP contribution in [-0.2, 0) is 9.53 Å². The minimum Gasteiger partial charge on any atom is -0.465 e. The highest BCUT2D eigenvalue weighted by Crippen LogP contribution is 1.95. The van der Waals surface area contributed by atoms with Crippen LogP contribution in [0.1, 0.15) is 19.8 Å². The minimum absolute atomic E-state index is 0. The van der Waals surface area contributed by atoms with Crippen LogP contribution in [0, 0.1) is 0 Å². The lowest BCUT2D eigenvalue weighted by Crippen LogP contribution is -2.32. The Labute approximate surface area is 91.2 Å². The summed E-state index contributed by atoms with van der Waals surface area (Å²) in [6, 6.07) is -0.501. The number of nitrogens with two attached hydrogens (primary N) is 2. The molecular formula is C7H18Cl2N2O2. The van der Waals surface area contributed by atoms with Gasteiger partial charge in [0.2, 0.25) is 0 Å². The number of hydrogen-bond donors (Lipinski definition) is 2. The summed E-state index contributed by atoms with van der Waals surface area (Å²) in [5, 5.41) is 0. The molecule has 1 atom stereocenters. The Kier molecular flexibility index (Phi) is 17.2. The molecule has 13 heavy (non-hydrogen) atoms. The normalized spacial score (nSPS) is 10.7. The van der Waals surface area contributed by atoms with Gasteiger partial charge in [-0.25, -0.2) is 0 Å². The fraction of sp³-hybridized carbons (Fsp3) is 0.857. The highest BCUT2D eigenvalue weighted by Gasteiger charge is 2.12. The van der Waals surface area contributed by atoms with Crippen LogP contribution in [0.2, 0.25) is 0 Å². The third kappa shape index (κ3) is 9.89. The molecule has 0 aliphatic rings. The van der Waals surface area contributed by atoms with Crippen molar-refractivity contribution in [1.82, 2.24) is 0 Å². The van der Waals surface area contributed by atoms with E-state index in [1.165, 1.54) is 0 Å². The topological polar surface area (TPSA) is 78.3 Å². The van der Waals surface area contributed by atoms with Gasteiger partial charge in [-0.05, 0) is 26.3 Å². The zero-order valence-electron chi connectivity index (χ0n) is 7.69. The van der Waals surface area contributed by atoms with Gasteiger partial charge in [0, 0.05) is 0 Å². The maximum atomic E-state index is 10.9. The Hall–Kier alpha value is -0.0300. The number of carbonyl (C=O) groups is 1. The number of rotatable bonds is 5. The Balaban J connectivity index is -0.000000500. The molecule has 4 nitrogen and oxygen atoms in total. The van der Waals surface area contributed by atoms with Crippen LogP contribution >= 0.6 is 24.8 Å². The first-order valence-electron chi connectivity index (χ1n) is 3.84. The molecule has 0 rings (SSSR count). The van der Waals surface area contributed by atoms with Crippen molar-refractivity contribution in [3.05, 3.63) is 0 Å². The standard InChI is InChI=1S/C7H16N2O2.2ClH/c1-2-11-7(10)6(9)4-3-5-8;;/h6H,2-5,8-9H2,1H3;2*1H. The van der Waals surface area contributed by atoms with Gasteiger partial charge in [0.1, 0.15) is 6.04 Å². The molecule has 0 bridgehead atoms. The van der Waals surface area contributed by atoms with Gasteiger partial charge in [-0.3, -0.25) is 4.79 Å². The van der Waals surface area contributed by atoms with Crippen molar-refractivity contribution in [3.8, 4) is 0 Å². The molecular weight excluding hydrogens is 215 g/mol. The van der Waals surface area contributed by atoms with Crippen molar-refractivity contribution in [2.75, 3.05) is 13.2 Å². The number of esters is 1. The zero-order chi connectivity index (χ0) is 8.69. The highest BCUT2D eigenvalue weighted by atomic mass is 35.5. The Bertz CT molecular complexity index is 125. The van der Waals surface area contributed by atoms with Crippen LogP contribution in [-0.4, -0.2) is 25.2 Å². The van der Waals surface area contributed by atoms with Gasteiger partial charge in [0.25, 0.3) is 0 Å². The van der Waals surface area contributed by atoms with E-state index in [2.05, 4.69) is 0 Å². The lowest BCUT2D eigenvalue weighted by molar-refractivity contribution is -0.144. The summed E-state index contributed by atoms with van der Waals surface area (Å²) in [5.74, 6) is -0.332. The van der Waals surface area contributed by atoms with Crippen molar-refractivity contribution in [3.63, 3.8) is 0 Å². The Morgan fingerprint density at radius 1 is 1.46 bits per heavy atom. The molecule has 0 aliphatic carbocycles. The van der Waals surface area contributed by atoms with Gasteiger partial charge in [-0.15, -0.1) is 24.8 Å². The van der Waals surface area contributed by atoms with Gasteiger partial charge >= 0.3 is 5.97 Å². The SMILES string of the molecule is CCOC(=O)C(N)CCCN.Cl.Cl. The predicted octanol–water partition coefficient (Wildman–Crippen LogP) is 0.459. The molecule has 1 unspecified atom stereocenters. The summed E-state index contributed by atoms with van der Waals surface area (Å²) in [7, 11) is 0. The molecule has 0 aromatic carbocycles. The van der Waals surface area contributed by atoms with E-state index in [0.29, 0.717) is 19.6 Å². The van der Waals surface area contributed by atoms with E-state index < -0.39 is 6.04 Å². The van der Waals surface area contributed by atoms with E-state index in [1.54, 1.807) is 6.92 Å². The molecule has 0 heterocycles. The molecule has 82 valence electrons. The first-order valence-corrected chi connectivity index (χ1v) is 3.84. The summed E-state index contributed by atoms with van der Waals surface area (Å²) < 4.78 is 4.70. The molecule has 0 radical (unpaired) electrons. The zero-order valence-corrected chi connectivity index (χ0v) is 9.33. The van der Waals surface area contributed by atoms with Gasteiger partial charge in [-0.2, -0.15) is 0 Å². The molecule has 6 heteroatoms. The Morgan fingerprint density at radius 3 is 2.38 bits per heavy atom. The van der Waals surface area contributed by atoms with E-state index in [9.17, 15) is 4.79 Å². The van der Waals surface area contributed by atoms with Crippen LogP contribution in [0.15, 0.2) is 0 Å². The van der Waals surface area contributed by atoms with Crippen molar-refractivity contribution in [1.29, 1.82) is 0 Å². The lowest BCUT2D eigenvalue weighted by Gasteiger charge is -2.08. The van der Waals surface area contributed by atoms with Gasteiger partial charge in [0.05, 0.1) is 6.61 Å². The number of ether oxygens (including phenoxy) is 1. The van der Waals surface area contributed by atoms with E-state index in [0.717, 1.165) is 6.42 Å². The van der Waals surface area contributed by atoms with Crippen molar-refractivity contribution in [2.24, 2.45) is 11.5 Å². The third-order valence-electron chi connectivity index (χ3n) is 1.31.